The van der Waals surface area contributed by atoms with Crippen molar-refractivity contribution in [3.63, 3.8) is 0 Å². The van der Waals surface area contributed by atoms with E-state index in [1.165, 1.54) is 0 Å². The second kappa shape index (κ2) is 6.71. The maximum Gasteiger partial charge on any atom is 0.122 e. The first-order valence-corrected chi connectivity index (χ1v) is 3.35. The van der Waals surface area contributed by atoms with Gasteiger partial charge in [-0.15, -0.1) is 0 Å². The number of hydrogen-bond donors (Lipinski definition) is 0. The van der Waals surface area contributed by atoms with Crippen molar-refractivity contribution >= 4 is 6.29 Å². The number of carbonyl (C=O) groups is 1. The van der Waals surface area contributed by atoms with E-state index in [9.17, 15) is 4.79 Å². The van der Waals surface area contributed by atoms with Gasteiger partial charge in [0.1, 0.15) is 6.29 Å². The Balaban J connectivity index is 3.04. The molecule has 0 aromatic rings. The minimum atomic E-state index is 0.0210. The summed E-state index contributed by atoms with van der Waals surface area (Å²) >= 11 is 0. The van der Waals surface area contributed by atoms with E-state index >= 15 is 0 Å². The summed E-state index contributed by atoms with van der Waals surface area (Å²) in [6, 6.07) is 0. The smallest absolute Gasteiger partial charge is 0.122 e. The molecule has 0 aliphatic heterocycles. The first-order valence-electron chi connectivity index (χ1n) is 3.35. The molecule has 0 rings (SSSR count). The first kappa shape index (κ1) is 9.59. The molecule has 10 heavy (non-hydrogen) atoms. The molecule has 1 atom stereocenters. The highest BCUT2D eigenvalue weighted by Gasteiger charge is 1.98. The molecule has 3 heteroatoms. The van der Waals surface area contributed by atoms with Gasteiger partial charge in [-0.1, -0.05) is 0 Å². The van der Waals surface area contributed by atoms with Crippen LogP contribution in [0.5, 0.6) is 0 Å². The Labute approximate surface area is 61.3 Å². The van der Waals surface area contributed by atoms with E-state index < -0.39 is 0 Å². The lowest BCUT2D eigenvalue weighted by Crippen LogP contribution is -2.12. The molecule has 0 amide bonds. The number of carbonyl (C=O) groups excluding carboxylic acids is 1. The number of hydrogen-bond acceptors (Lipinski definition) is 3. The molecule has 0 aliphatic rings. The van der Waals surface area contributed by atoms with E-state index in [1.807, 2.05) is 6.92 Å². The fourth-order valence-corrected chi connectivity index (χ4v) is 0.536. The normalized spacial score (nSPS) is 13.0. The number of rotatable bonds is 6. The summed E-state index contributed by atoms with van der Waals surface area (Å²) in [5, 5.41) is 0. The van der Waals surface area contributed by atoms with Crippen LogP contribution in [0.25, 0.3) is 0 Å². The summed E-state index contributed by atoms with van der Waals surface area (Å²) in [7, 11) is 1.62. The Bertz CT molecular complexity index is 82.9. The van der Waals surface area contributed by atoms with Gasteiger partial charge in [-0.05, 0) is 6.92 Å². The van der Waals surface area contributed by atoms with Crippen molar-refractivity contribution in [2.45, 2.75) is 19.4 Å². The van der Waals surface area contributed by atoms with Gasteiger partial charge in [-0.25, -0.2) is 0 Å². The van der Waals surface area contributed by atoms with Gasteiger partial charge in [0, 0.05) is 13.5 Å². The third-order valence-electron chi connectivity index (χ3n) is 1.12. The zero-order valence-electron chi connectivity index (χ0n) is 6.50. The second-order valence-corrected chi connectivity index (χ2v) is 2.08. The fourth-order valence-electron chi connectivity index (χ4n) is 0.536. The third kappa shape index (κ3) is 5.72. The topological polar surface area (TPSA) is 35.5 Å². The molecule has 0 saturated carbocycles. The molecule has 0 spiro atoms. The van der Waals surface area contributed by atoms with Gasteiger partial charge in [-0.2, -0.15) is 0 Å². The summed E-state index contributed by atoms with van der Waals surface area (Å²) in [5.74, 6) is 0. The summed E-state index contributed by atoms with van der Waals surface area (Å²) in [6.07, 6.45) is 1.34. The first-order chi connectivity index (χ1) is 4.81. The lowest BCUT2D eigenvalue weighted by atomic mass is 10.3. The average molecular weight is 146 g/mol. The van der Waals surface area contributed by atoms with Crippen molar-refractivity contribution < 1.29 is 14.3 Å². The van der Waals surface area contributed by atoms with E-state index in [2.05, 4.69) is 0 Å². The lowest BCUT2D eigenvalue weighted by Gasteiger charge is -2.08. The molecule has 0 fully saturated rings. The van der Waals surface area contributed by atoms with Crippen molar-refractivity contribution in [2.24, 2.45) is 0 Å². The molecule has 0 heterocycles. The lowest BCUT2D eigenvalue weighted by molar-refractivity contribution is -0.110. The molecule has 0 saturated heterocycles. The van der Waals surface area contributed by atoms with Gasteiger partial charge in [0.15, 0.2) is 0 Å². The quantitative estimate of drug-likeness (QED) is 0.407. The van der Waals surface area contributed by atoms with E-state index in [4.69, 9.17) is 9.47 Å². The van der Waals surface area contributed by atoms with E-state index in [-0.39, 0.29) is 6.10 Å². The minimum absolute atomic E-state index is 0.0210. The number of methoxy groups -OCH3 is 1. The van der Waals surface area contributed by atoms with Crippen LogP contribution in [0.4, 0.5) is 0 Å². The van der Waals surface area contributed by atoms with Crippen LogP contribution in [-0.2, 0) is 14.3 Å². The van der Waals surface area contributed by atoms with Gasteiger partial charge >= 0.3 is 0 Å². The standard InChI is InChI=1S/C7H14O3/c1-7(3-4-8)10-6-5-9-2/h4,7H,3,5-6H2,1-2H3. The molecular weight excluding hydrogens is 132 g/mol. The zero-order valence-corrected chi connectivity index (χ0v) is 6.50. The van der Waals surface area contributed by atoms with Gasteiger partial charge in [0.25, 0.3) is 0 Å². The van der Waals surface area contributed by atoms with Gasteiger partial charge < -0.3 is 14.3 Å². The molecule has 3 nitrogen and oxygen atoms in total. The molecule has 0 aromatic carbocycles. The predicted molar refractivity (Wildman–Crippen MR) is 38.0 cm³/mol. The highest BCUT2D eigenvalue weighted by molar-refractivity contribution is 5.49. The summed E-state index contributed by atoms with van der Waals surface area (Å²) in [5.41, 5.74) is 0. The Morgan fingerprint density at radius 2 is 2.20 bits per heavy atom. The SMILES string of the molecule is COCCOC(C)CC=O. The average Bonchev–Trinajstić information content (AvgIpc) is 1.89. The number of ether oxygens (including phenoxy) is 2. The Morgan fingerprint density at radius 1 is 1.50 bits per heavy atom. The molecule has 0 aromatic heterocycles. The molecule has 60 valence electrons. The van der Waals surface area contributed by atoms with Gasteiger partial charge in [-0.3, -0.25) is 0 Å². The van der Waals surface area contributed by atoms with E-state index in [1.54, 1.807) is 7.11 Å². The van der Waals surface area contributed by atoms with E-state index in [0.717, 1.165) is 6.29 Å². The minimum Gasteiger partial charge on any atom is -0.382 e. The van der Waals surface area contributed by atoms with Crippen molar-refractivity contribution in [3.8, 4) is 0 Å². The third-order valence-corrected chi connectivity index (χ3v) is 1.12. The van der Waals surface area contributed by atoms with Crippen LogP contribution in [0.15, 0.2) is 0 Å². The Hall–Kier alpha value is -0.410. The molecule has 0 N–H and O–H groups in total. The Kier molecular flexibility index (Phi) is 6.43. The summed E-state index contributed by atoms with van der Waals surface area (Å²) < 4.78 is 9.92. The van der Waals surface area contributed by atoms with Gasteiger partial charge in [0.05, 0.1) is 19.3 Å². The molecular formula is C7H14O3. The monoisotopic (exact) mass is 146 g/mol. The second-order valence-electron chi connectivity index (χ2n) is 2.08. The molecule has 0 radical (unpaired) electrons. The van der Waals surface area contributed by atoms with Crippen LogP contribution in [0.3, 0.4) is 0 Å². The summed E-state index contributed by atoms with van der Waals surface area (Å²) in [4.78, 5) is 9.94. The van der Waals surface area contributed by atoms with Crippen molar-refractivity contribution in [2.75, 3.05) is 20.3 Å². The highest BCUT2D eigenvalue weighted by atomic mass is 16.5. The predicted octanol–water partition coefficient (Wildman–Crippen LogP) is 0.627. The zero-order chi connectivity index (χ0) is 7.82. The fraction of sp³-hybridized carbons (Fsp3) is 0.857. The Morgan fingerprint density at radius 3 is 2.70 bits per heavy atom. The van der Waals surface area contributed by atoms with Crippen LogP contribution < -0.4 is 0 Å². The number of aldehydes is 1. The van der Waals surface area contributed by atoms with Crippen LogP contribution in [0.2, 0.25) is 0 Å². The summed E-state index contributed by atoms with van der Waals surface area (Å²) in [6.45, 7) is 3.01. The molecule has 1 unspecified atom stereocenters. The maximum atomic E-state index is 9.94. The van der Waals surface area contributed by atoms with Crippen molar-refractivity contribution in [3.05, 3.63) is 0 Å². The van der Waals surface area contributed by atoms with Crippen LogP contribution in [0, 0.1) is 0 Å². The van der Waals surface area contributed by atoms with Crippen molar-refractivity contribution in [1.29, 1.82) is 0 Å². The van der Waals surface area contributed by atoms with Crippen LogP contribution in [-0.4, -0.2) is 32.7 Å². The molecule has 0 bridgehead atoms. The van der Waals surface area contributed by atoms with E-state index in [0.29, 0.717) is 19.6 Å². The maximum absolute atomic E-state index is 9.94. The largest absolute Gasteiger partial charge is 0.382 e. The van der Waals surface area contributed by atoms with Gasteiger partial charge in [0.2, 0.25) is 0 Å². The highest BCUT2D eigenvalue weighted by Crippen LogP contribution is 1.92. The molecule has 0 aliphatic carbocycles. The van der Waals surface area contributed by atoms with Crippen LogP contribution >= 0.6 is 0 Å². The van der Waals surface area contributed by atoms with Crippen LogP contribution in [0.1, 0.15) is 13.3 Å². The van der Waals surface area contributed by atoms with Crippen molar-refractivity contribution in [1.82, 2.24) is 0 Å².